The summed E-state index contributed by atoms with van der Waals surface area (Å²) in [5, 5.41) is 9.85. The zero-order valence-electron chi connectivity index (χ0n) is 9.08. The molecular formula is C13H14BrNO. The number of hydrogen-bond donors (Lipinski definition) is 0. The maximum absolute atomic E-state index is 11.8. The second-order valence-corrected chi connectivity index (χ2v) is 4.37. The fraction of sp³-hybridized carbons (Fsp3) is 0.385. The van der Waals surface area contributed by atoms with Crippen LogP contribution in [0.5, 0.6) is 0 Å². The fourth-order valence-corrected chi connectivity index (χ4v) is 1.91. The van der Waals surface area contributed by atoms with E-state index in [4.69, 9.17) is 5.26 Å². The first-order valence-electron chi connectivity index (χ1n) is 5.38. The third-order valence-electron chi connectivity index (χ3n) is 2.39. The topological polar surface area (TPSA) is 40.9 Å². The van der Waals surface area contributed by atoms with Crippen molar-refractivity contribution >= 4 is 21.7 Å². The van der Waals surface area contributed by atoms with Crippen molar-refractivity contribution in [3.05, 3.63) is 35.4 Å². The van der Waals surface area contributed by atoms with Crippen molar-refractivity contribution in [2.45, 2.75) is 25.7 Å². The largest absolute Gasteiger partial charge is 0.294 e. The second-order valence-electron chi connectivity index (χ2n) is 3.58. The Balaban J connectivity index is 2.56. The monoisotopic (exact) mass is 279 g/mol. The number of nitrogens with zero attached hydrogens (tertiary/aromatic N) is 1. The number of carbonyl (C=O) groups is 1. The molecule has 1 aromatic carbocycles. The van der Waals surface area contributed by atoms with Gasteiger partial charge in [-0.25, -0.2) is 0 Å². The minimum Gasteiger partial charge on any atom is -0.294 e. The Morgan fingerprint density at radius 2 is 2.00 bits per heavy atom. The van der Waals surface area contributed by atoms with Gasteiger partial charge in [0.15, 0.2) is 5.78 Å². The summed E-state index contributed by atoms with van der Waals surface area (Å²) in [5.74, 6) is 0.0757. The number of rotatable bonds is 6. The van der Waals surface area contributed by atoms with Gasteiger partial charge in [-0.2, -0.15) is 5.26 Å². The van der Waals surface area contributed by atoms with Crippen LogP contribution in [0, 0.1) is 11.3 Å². The number of hydrogen-bond acceptors (Lipinski definition) is 2. The van der Waals surface area contributed by atoms with Gasteiger partial charge in [0, 0.05) is 17.3 Å². The summed E-state index contributed by atoms with van der Waals surface area (Å²) in [6, 6.07) is 9.04. The van der Waals surface area contributed by atoms with Crippen molar-refractivity contribution in [2.24, 2.45) is 0 Å². The molecular weight excluding hydrogens is 266 g/mol. The maximum Gasteiger partial charge on any atom is 0.164 e. The first-order valence-corrected chi connectivity index (χ1v) is 6.50. The number of nitriles is 1. The van der Waals surface area contributed by atoms with Gasteiger partial charge in [0.25, 0.3) is 0 Å². The quantitative estimate of drug-likeness (QED) is 0.453. The highest BCUT2D eigenvalue weighted by atomic mass is 79.9. The van der Waals surface area contributed by atoms with E-state index in [1.165, 1.54) is 0 Å². The molecule has 2 nitrogen and oxygen atoms in total. The van der Waals surface area contributed by atoms with Crippen LogP contribution >= 0.6 is 15.9 Å². The summed E-state index contributed by atoms with van der Waals surface area (Å²) < 4.78 is 0. The summed E-state index contributed by atoms with van der Waals surface area (Å²) in [4.78, 5) is 11.8. The number of benzene rings is 1. The number of unbranched alkanes of at least 4 members (excludes halogenated alkanes) is 2. The van der Waals surface area contributed by atoms with Crippen LogP contribution in [-0.4, -0.2) is 11.1 Å². The van der Waals surface area contributed by atoms with Crippen LogP contribution < -0.4 is 0 Å². The van der Waals surface area contributed by atoms with Crippen LogP contribution in [0.2, 0.25) is 0 Å². The van der Waals surface area contributed by atoms with E-state index in [1.807, 2.05) is 6.07 Å². The lowest BCUT2D eigenvalue weighted by Gasteiger charge is -2.02. The molecule has 1 rings (SSSR count). The maximum atomic E-state index is 11.8. The van der Waals surface area contributed by atoms with Crippen molar-refractivity contribution in [2.75, 3.05) is 5.33 Å². The van der Waals surface area contributed by atoms with Gasteiger partial charge in [-0.1, -0.05) is 40.5 Å². The van der Waals surface area contributed by atoms with Crippen LogP contribution in [0.15, 0.2) is 24.3 Å². The van der Waals surface area contributed by atoms with Gasteiger partial charge >= 0.3 is 0 Å². The standard InChI is InChI=1S/C13H14BrNO/c14-9-5-1-2-8-13(16)12-7-4-3-6-11(12)10-15/h3-4,6-7H,1-2,5,8-9H2. The minimum absolute atomic E-state index is 0.0757. The average Bonchev–Trinajstić information content (AvgIpc) is 2.34. The molecule has 0 saturated carbocycles. The van der Waals surface area contributed by atoms with E-state index in [0.29, 0.717) is 17.5 Å². The summed E-state index contributed by atoms with van der Waals surface area (Å²) in [6.45, 7) is 0. The van der Waals surface area contributed by atoms with Crippen LogP contribution in [0.3, 0.4) is 0 Å². The highest BCUT2D eigenvalue weighted by Gasteiger charge is 2.09. The van der Waals surface area contributed by atoms with E-state index in [1.54, 1.807) is 24.3 Å². The summed E-state index contributed by atoms with van der Waals surface area (Å²) in [6.07, 6.45) is 3.56. The molecule has 0 fully saturated rings. The lowest BCUT2D eigenvalue weighted by molar-refractivity contribution is 0.0979. The molecule has 0 saturated heterocycles. The molecule has 3 heteroatoms. The van der Waals surface area contributed by atoms with Crippen LogP contribution in [-0.2, 0) is 0 Å². The van der Waals surface area contributed by atoms with Gasteiger partial charge < -0.3 is 0 Å². The molecule has 0 aliphatic rings. The Hall–Kier alpha value is -1.14. The Kier molecular flexibility index (Phi) is 5.81. The molecule has 0 radical (unpaired) electrons. The van der Waals surface area contributed by atoms with E-state index in [2.05, 4.69) is 15.9 Å². The Morgan fingerprint density at radius 3 is 2.69 bits per heavy atom. The van der Waals surface area contributed by atoms with Crippen molar-refractivity contribution < 1.29 is 4.79 Å². The van der Waals surface area contributed by atoms with Crippen molar-refractivity contribution in [1.29, 1.82) is 5.26 Å². The summed E-state index contributed by atoms with van der Waals surface area (Å²) >= 11 is 3.36. The summed E-state index contributed by atoms with van der Waals surface area (Å²) in [7, 11) is 0. The highest BCUT2D eigenvalue weighted by Crippen LogP contribution is 2.12. The second kappa shape index (κ2) is 7.19. The predicted molar refractivity (Wildman–Crippen MR) is 67.7 cm³/mol. The van der Waals surface area contributed by atoms with Crippen LogP contribution in [0.4, 0.5) is 0 Å². The van der Waals surface area contributed by atoms with E-state index in [9.17, 15) is 4.79 Å². The zero-order valence-corrected chi connectivity index (χ0v) is 10.7. The third-order valence-corrected chi connectivity index (χ3v) is 2.95. The van der Waals surface area contributed by atoms with E-state index >= 15 is 0 Å². The van der Waals surface area contributed by atoms with Gasteiger partial charge in [0.2, 0.25) is 0 Å². The van der Waals surface area contributed by atoms with Crippen molar-refractivity contribution in [1.82, 2.24) is 0 Å². The van der Waals surface area contributed by atoms with Gasteiger partial charge in [0.05, 0.1) is 11.6 Å². The van der Waals surface area contributed by atoms with Gasteiger partial charge in [-0.15, -0.1) is 0 Å². The molecule has 16 heavy (non-hydrogen) atoms. The Labute approximate surface area is 104 Å². The average molecular weight is 280 g/mol. The van der Waals surface area contributed by atoms with Gasteiger partial charge in [-0.05, 0) is 18.9 Å². The lowest BCUT2D eigenvalue weighted by atomic mass is 10.0. The number of carbonyl (C=O) groups excluding carboxylic acids is 1. The smallest absolute Gasteiger partial charge is 0.164 e. The molecule has 0 aliphatic heterocycles. The van der Waals surface area contributed by atoms with E-state index in [-0.39, 0.29) is 5.78 Å². The molecule has 0 heterocycles. The van der Waals surface area contributed by atoms with E-state index < -0.39 is 0 Å². The third kappa shape index (κ3) is 3.79. The number of alkyl halides is 1. The van der Waals surface area contributed by atoms with Crippen molar-refractivity contribution in [3.63, 3.8) is 0 Å². The molecule has 0 aromatic heterocycles. The summed E-state index contributed by atoms with van der Waals surface area (Å²) in [5.41, 5.74) is 1.04. The minimum atomic E-state index is 0.0757. The molecule has 0 atom stereocenters. The van der Waals surface area contributed by atoms with Gasteiger partial charge in [-0.3, -0.25) is 4.79 Å². The molecule has 0 N–H and O–H groups in total. The molecule has 0 bridgehead atoms. The molecule has 0 amide bonds. The molecule has 0 aliphatic carbocycles. The lowest BCUT2D eigenvalue weighted by Crippen LogP contribution is -2.01. The normalized spacial score (nSPS) is 9.75. The molecule has 1 aromatic rings. The van der Waals surface area contributed by atoms with Crippen LogP contribution in [0.1, 0.15) is 41.6 Å². The van der Waals surface area contributed by atoms with Crippen molar-refractivity contribution in [3.8, 4) is 6.07 Å². The first-order chi connectivity index (χ1) is 7.79. The number of halogens is 1. The number of Topliss-reactive ketones (excluding diaryl/α,β-unsaturated/α-hetero) is 1. The fourth-order valence-electron chi connectivity index (χ4n) is 1.52. The van der Waals surface area contributed by atoms with Crippen LogP contribution in [0.25, 0.3) is 0 Å². The first kappa shape index (κ1) is 12.9. The predicted octanol–water partition coefficient (Wildman–Crippen LogP) is 3.70. The Bertz CT molecular complexity index is 395. The number of ketones is 1. The highest BCUT2D eigenvalue weighted by molar-refractivity contribution is 9.09. The van der Waals surface area contributed by atoms with E-state index in [0.717, 1.165) is 24.6 Å². The zero-order chi connectivity index (χ0) is 11.8. The van der Waals surface area contributed by atoms with Gasteiger partial charge in [0.1, 0.15) is 0 Å². The Morgan fingerprint density at radius 1 is 1.25 bits per heavy atom. The molecule has 0 spiro atoms. The SMILES string of the molecule is N#Cc1ccccc1C(=O)CCCCCBr. The molecule has 84 valence electrons. The molecule has 0 unspecified atom stereocenters.